The first-order valence-corrected chi connectivity index (χ1v) is 5.34. The van der Waals surface area contributed by atoms with Crippen LogP contribution in [-0.2, 0) is 0 Å². The summed E-state index contributed by atoms with van der Waals surface area (Å²) in [6.45, 7) is 5.85. The first-order valence-electron chi connectivity index (χ1n) is 5.34. The van der Waals surface area contributed by atoms with E-state index in [2.05, 4.69) is 12.1 Å². The van der Waals surface area contributed by atoms with Gasteiger partial charge in [-0.25, -0.2) is 4.39 Å². The SMILES string of the molecule is Cc1[c]c(-c2cccc(F)c2C)cc(C)c1. The number of hydrogen-bond acceptors (Lipinski definition) is 0. The normalized spacial score (nSPS) is 10.5. The molecule has 0 aliphatic rings. The molecule has 0 N–H and O–H groups in total. The van der Waals surface area contributed by atoms with Crippen LogP contribution in [0.4, 0.5) is 4.39 Å². The van der Waals surface area contributed by atoms with Crippen LogP contribution in [0.3, 0.4) is 0 Å². The molecule has 0 unspecified atom stereocenters. The second kappa shape index (κ2) is 4.09. The summed E-state index contributed by atoms with van der Waals surface area (Å²) in [4.78, 5) is 0. The summed E-state index contributed by atoms with van der Waals surface area (Å²) in [6.07, 6.45) is 0. The van der Waals surface area contributed by atoms with E-state index < -0.39 is 0 Å². The predicted molar refractivity (Wildman–Crippen MR) is 64.9 cm³/mol. The number of aryl methyl sites for hydroxylation is 2. The van der Waals surface area contributed by atoms with Crippen LogP contribution in [-0.4, -0.2) is 0 Å². The molecule has 1 heteroatoms. The van der Waals surface area contributed by atoms with Crippen LogP contribution in [0.25, 0.3) is 11.1 Å². The maximum absolute atomic E-state index is 13.5. The van der Waals surface area contributed by atoms with E-state index in [4.69, 9.17) is 0 Å². The van der Waals surface area contributed by atoms with Crippen molar-refractivity contribution in [3.8, 4) is 11.1 Å². The first kappa shape index (κ1) is 10.9. The smallest absolute Gasteiger partial charge is 0.126 e. The largest absolute Gasteiger partial charge is 0.207 e. The summed E-state index contributed by atoms with van der Waals surface area (Å²) in [5, 5.41) is 0. The minimum atomic E-state index is -0.162. The van der Waals surface area contributed by atoms with Crippen molar-refractivity contribution in [1.82, 2.24) is 0 Å². The maximum Gasteiger partial charge on any atom is 0.126 e. The van der Waals surface area contributed by atoms with E-state index in [-0.39, 0.29) is 5.82 Å². The molecule has 2 aromatic rings. The van der Waals surface area contributed by atoms with Crippen molar-refractivity contribution < 1.29 is 4.39 Å². The molecule has 0 spiro atoms. The molecule has 0 saturated heterocycles. The molecule has 0 aliphatic carbocycles. The Morgan fingerprint density at radius 3 is 2.50 bits per heavy atom. The molecule has 0 bridgehead atoms. The van der Waals surface area contributed by atoms with Crippen LogP contribution < -0.4 is 0 Å². The van der Waals surface area contributed by atoms with Gasteiger partial charge in [-0.3, -0.25) is 0 Å². The van der Waals surface area contributed by atoms with Gasteiger partial charge < -0.3 is 0 Å². The van der Waals surface area contributed by atoms with Crippen molar-refractivity contribution in [2.24, 2.45) is 0 Å². The van der Waals surface area contributed by atoms with Gasteiger partial charge in [-0.2, -0.15) is 0 Å². The zero-order valence-electron chi connectivity index (χ0n) is 9.76. The Morgan fingerprint density at radius 1 is 1.06 bits per heavy atom. The molecule has 0 fully saturated rings. The van der Waals surface area contributed by atoms with Gasteiger partial charge in [-0.1, -0.05) is 29.8 Å². The molecule has 0 aromatic heterocycles. The van der Waals surface area contributed by atoms with E-state index in [1.165, 1.54) is 11.6 Å². The number of benzene rings is 2. The number of hydrogen-bond donors (Lipinski definition) is 0. The lowest BCUT2D eigenvalue weighted by molar-refractivity contribution is 0.619. The number of rotatable bonds is 1. The third kappa shape index (κ3) is 1.99. The van der Waals surface area contributed by atoms with E-state index >= 15 is 0 Å². The van der Waals surface area contributed by atoms with E-state index in [1.54, 1.807) is 13.0 Å². The minimum absolute atomic E-state index is 0.162. The van der Waals surface area contributed by atoms with Gasteiger partial charge in [-0.05, 0) is 55.2 Å². The lowest BCUT2D eigenvalue weighted by atomic mass is 9.97. The highest BCUT2D eigenvalue weighted by Gasteiger charge is 2.06. The zero-order chi connectivity index (χ0) is 11.7. The van der Waals surface area contributed by atoms with Gasteiger partial charge in [0.1, 0.15) is 5.82 Å². The van der Waals surface area contributed by atoms with Gasteiger partial charge in [0.15, 0.2) is 0 Å². The van der Waals surface area contributed by atoms with Crippen LogP contribution in [0.15, 0.2) is 30.3 Å². The van der Waals surface area contributed by atoms with Crippen LogP contribution in [0.1, 0.15) is 16.7 Å². The summed E-state index contributed by atoms with van der Waals surface area (Å²) in [6, 6.07) is 12.5. The molecule has 0 nitrogen and oxygen atoms in total. The zero-order valence-corrected chi connectivity index (χ0v) is 9.76. The van der Waals surface area contributed by atoms with E-state index in [0.717, 1.165) is 16.7 Å². The Balaban J connectivity index is 2.63. The highest BCUT2D eigenvalue weighted by atomic mass is 19.1. The second-order valence-electron chi connectivity index (χ2n) is 4.17. The molecule has 2 aromatic carbocycles. The molecule has 0 heterocycles. The Hall–Kier alpha value is -1.63. The predicted octanol–water partition coefficient (Wildman–Crippen LogP) is 4.22. The van der Waals surface area contributed by atoms with E-state index in [9.17, 15) is 4.39 Å². The van der Waals surface area contributed by atoms with Gasteiger partial charge in [0.25, 0.3) is 0 Å². The van der Waals surface area contributed by atoms with Crippen molar-refractivity contribution >= 4 is 0 Å². The van der Waals surface area contributed by atoms with Gasteiger partial charge in [0.05, 0.1) is 0 Å². The first-order chi connectivity index (χ1) is 7.58. The molecule has 0 saturated carbocycles. The van der Waals surface area contributed by atoms with E-state index in [0.29, 0.717) is 5.56 Å². The van der Waals surface area contributed by atoms with Crippen LogP contribution in [0, 0.1) is 32.7 Å². The molecule has 1 radical (unpaired) electrons. The monoisotopic (exact) mass is 213 g/mol. The minimum Gasteiger partial charge on any atom is -0.207 e. The highest BCUT2D eigenvalue weighted by Crippen LogP contribution is 2.26. The average molecular weight is 213 g/mol. The summed E-state index contributed by atoms with van der Waals surface area (Å²) >= 11 is 0. The molecule has 0 aliphatic heterocycles. The lowest BCUT2D eigenvalue weighted by Gasteiger charge is -2.08. The lowest BCUT2D eigenvalue weighted by Crippen LogP contribution is -1.89. The van der Waals surface area contributed by atoms with Crippen molar-refractivity contribution in [2.75, 3.05) is 0 Å². The standard InChI is InChI=1S/C15H14F/c1-10-7-11(2)9-13(8-10)14-5-4-6-15(16)12(14)3/h4-8H,1-3H3. The molecular weight excluding hydrogens is 199 g/mol. The van der Waals surface area contributed by atoms with E-state index in [1.807, 2.05) is 26.0 Å². The second-order valence-corrected chi connectivity index (χ2v) is 4.17. The molecule has 81 valence electrons. The Kier molecular flexibility index (Phi) is 2.78. The van der Waals surface area contributed by atoms with Crippen LogP contribution in [0.5, 0.6) is 0 Å². The van der Waals surface area contributed by atoms with Gasteiger partial charge in [-0.15, -0.1) is 0 Å². The Labute approximate surface area is 95.7 Å². The third-order valence-corrected chi connectivity index (χ3v) is 2.71. The molecule has 16 heavy (non-hydrogen) atoms. The topological polar surface area (TPSA) is 0 Å². The highest BCUT2D eigenvalue weighted by molar-refractivity contribution is 5.68. The summed E-state index contributed by atoms with van der Waals surface area (Å²) in [5.41, 5.74) is 4.83. The Morgan fingerprint density at radius 2 is 1.81 bits per heavy atom. The van der Waals surface area contributed by atoms with Gasteiger partial charge in [0.2, 0.25) is 0 Å². The molecule has 0 amide bonds. The van der Waals surface area contributed by atoms with Crippen molar-refractivity contribution in [3.63, 3.8) is 0 Å². The van der Waals surface area contributed by atoms with Crippen molar-refractivity contribution in [3.05, 3.63) is 58.9 Å². The molecule has 2 rings (SSSR count). The summed E-state index contributed by atoms with van der Waals surface area (Å²) in [7, 11) is 0. The fourth-order valence-corrected chi connectivity index (χ4v) is 1.94. The fraction of sp³-hybridized carbons (Fsp3) is 0.200. The summed E-state index contributed by atoms with van der Waals surface area (Å²) in [5.74, 6) is -0.162. The third-order valence-electron chi connectivity index (χ3n) is 2.71. The van der Waals surface area contributed by atoms with Crippen LogP contribution >= 0.6 is 0 Å². The fourth-order valence-electron chi connectivity index (χ4n) is 1.94. The van der Waals surface area contributed by atoms with Gasteiger partial charge in [0, 0.05) is 0 Å². The molecular formula is C15H14F. The quantitative estimate of drug-likeness (QED) is 0.665. The average Bonchev–Trinajstić information content (AvgIpc) is 2.20. The molecule has 0 atom stereocenters. The van der Waals surface area contributed by atoms with Crippen molar-refractivity contribution in [1.29, 1.82) is 0 Å². The number of halogens is 1. The van der Waals surface area contributed by atoms with Gasteiger partial charge >= 0.3 is 0 Å². The summed E-state index contributed by atoms with van der Waals surface area (Å²) < 4.78 is 13.5. The Bertz CT molecular complexity index is 507. The van der Waals surface area contributed by atoms with Crippen LogP contribution in [0.2, 0.25) is 0 Å². The van der Waals surface area contributed by atoms with Crippen molar-refractivity contribution in [2.45, 2.75) is 20.8 Å². The maximum atomic E-state index is 13.5.